The number of hydrogen-bond donors (Lipinski definition) is 1. The molecule has 16 heavy (non-hydrogen) atoms. The smallest absolute Gasteiger partial charge is 0.319 e. The molecule has 0 radical (unpaired) electrons. The molecule has 0 heterocycles. The number of phenolic OH excluding ortho intramolecular Hbond substituents is 1. The molecule has 0 amide bonds. The molecule has 0 aliphatic rings. The van der Waals surface area contributed by atoms with Crippen LogP contribution in [-0.2, 0) is 9.53 Å². The van der Waals surface area contributed by atoms with E-state index in [9.17, 15) is 4.79 Å². The van der Waals surface area contributed by atoms with E-state index < -0.39 is 0 Å². The van der Waals surface area contributed by atoms with Crippen molar-refractivity contribution in [2.45, 2.75) is 30.4 Å². The number of ether oxygens (including phenoxy) is 1. The van der Waals surface area contributed by atoms with Crippen molar-refractivity contribution in [3.63, 3.8) is 0 Å². The third-order valence-corrected chi connectivity index (χ3v) is 3.39. The van der Waals surface area contributed by atoms with Crippen LogP contribution in [0.1, 0.15) is 20.3 Å². The molecule has 1 atom stereocenters. The van der Waals surface area contributed by atoms with Crippen LogP contribution in [0.15, 0.2) is 29.2 Å². The topological polar surface area (TPSA) is 46.5 Å². The largest absolute Gasteiger partial charge is 0.508 e. The monoisotopic (exact) mass is 240 g/mol. The molecule has 0 fully saturated rings. The molecule has 0 aromatic heterocycles. The van der Waals surface area contributed by atoms with Gasteiger partial charge in [-0.1, -0.05) is 6.92 Å². The van der Waals surface area contributed by atoms with Gasteiger partial charge in [0.25, 0.3) is 0 Å². The minimum Gasteiger partial charge on any atom is -0.508 e. The van der Waals surface area contributed by atoms with Gasteiger partial charge in [-0.25, -0.2) is 0 Å². The molecule has 0 aliphatic carbocycles. The number of rotatable bonds is 5. The molecule has 0 saturated heterocycles. The second kappa shape index (κ2) is 6.43. The number of hydrogen-bond acceptors (Lipinski definition) is 4. The lowest BCUT2D eigenvalue weighted by Crippen LogP contribution is -2.19. The fraction of sp³-hybridized carbons (Fsp3) is 0.417. The zero-order chi connectivity index (χ0) is 12.0. The summed E-state index contributed by atoms with van der Waals surface area (Å²) in [6.45, 7) is 4.16. The Hall–Kier alpha value is -1.16. The third-order valence-electron chi connectivity index (χ3n) is 2.04. The van der Waals surface area contributed by atoms with Gasteiger partial charge in [-0.3, -0.25) is 4.79 Å². The summed E-state index contributed by atoms with van der Waals surface area (Å²) in [5, 5.41) is 8.96. The average molecular weight is 240 g/mol. The Morgan fingerprint density at radius 3 is 2.50 bits per heavy atom. The Morgan fingerprint density at radius 1 is 1.38 bits per heavy atom. The zero-order valence-electron chi connectivity index (χ0n) is 9.47. The van der Waals surface area contributed by atoms with Crippen LogP contribution >= 0.6 is 11.8 Å². The maximum Gasteiger partial charge on any atom is 0.319 e. The van der Waals surface area contributed by atoms with Gasteiger partial charge in [0.15, 0.2) is 0 Å². The highest BCUT2D eigenvalue weighted by Crippen LogP contribution is 2.27. The van der Waals surface area contributed by atoms with Crippen LogP contribution in [0, 0.1) is 0 Å². The summed E-state index contributed by atoms with van der Waals surface area (Å²) < 4.78 is 4.98. The lowest BCUT2D eigenvalue weighted by atomic mass is 10.3. The van der Waals surface area contributed by atoms with Crippen molar-refractivity contribution in [2.24, 2.45) is 0 Å². The molecule has 1 N–H and O–H groups in total. The summed E-state index contributed by atoms with van der Waals surface area (Å²) in [7, 11) is 0. The Labute approximate surface area is 99.8 Å². The predicted octanol–water partition coefficient (Wildman–Crippen LogP) is 2.83. The first-order chi connectivity index (χ1) is 7.67. The fourth-order valence-electron chi connectivity index (χ4n) is 1.22. The maximum absolute atomic E-state index is 11.6. The second-order valence-corrected chi connectivity index (χ2v) is 4.54. The van der Waals surface area contributed by atoms with Crippen LogP contribution in [0.25, 0.3) is 0 Å². The molecule has 1 aromatic rings. The molecule has 0 spiro atoms. The standard InChI is InChI=1S/C12H16O3S/c1-3-11(12(14)15-4-2)16-10-7-5-9(13)6-8-10/h5-8,11,13H,3-4H2,1-2H3. The minimum absolute atomic E-state index is 0.176. The number of carbonyl (C=O) groups is 1. The van der Waals surface area contributed by atoms with Crippen LogP contribution < -0.4 is 0 Å². The van der Waals surface area contributed by atoms with Gasteiger partial charge in [0.1, 0.15) is 11.0 Å². The molecule has 0 saturated carbocycles. The number of thioether (sulfide) groups is 1. The van der Waals surface area contributed by atoms with Crippen molar-refractivity contribution < 1.29 is 14.6 Å². The molecule has 3 nitrogen and oxygen atoms in total. The lowest BCUT2D eigenvalue weighted by Gasteiger charge is -2.12. The zero-order valence-corrected chi connectivity index (χ0v) is 10.3. The predicted molar refractivity (Wildman–Crippen MR) is 64.7 cm³/mol. The number of phenols is 1. The van der Waals surface area contributed by atoms with Gasteiger partial charge in [-0.15, -0.1) is 11.8 Å². The van der Waals surface area contributed by atoms with Crippen LogP contribution in [-0.4, -0.2) is 22.9 Å². The normalized spacial score (nSPS) is 12.1. The first-order valence-corrected chi connectivity index (χ1v) is 6.17. The molecule has 0 bridgehead atoms. The van der Waals surface area contributed by atoms with E-state index >= 15 is 0 Å². The molecule has 1 rings (SSSR count). The summed E-state index contributed by atoms with van der Waals surface area (Å²) in [4.78, 5) is 12.5. The van der Waals surface area contributed by atoms with Gasteiger partial charge in [0.05, 0.1) is 6.61 Å². The molecule has 1 unspecified atom stereocenters. The van der Waals surface area contributed by atoms with E-state index in [0.29, 0.717) is 6.61 Å². The van der Waals surface area contributed by atoms with Crippen molar-refractivity contribution >= 4 is 17.7 Å². The molecule has 1 aromatic carbocycles. The van der Waals surface area contributed by atoms with Crippen molar-refractivity contribution in [2.75, 3.05) is 6.61 Å². The SMILES string of the molecule is CCOC(=O)C(CC)Sc1ccc(O)cc1. The number of aromatic hydroxyl groups is 1. The summed E-state index contributed by atoms with van der Waals surface area (Å²) in [6, 6.07) is 6.81. The molecular weight excluding hydrogens is 224 g/mol. The van der Waals surface area contributed by atoms with Gasteiger partial charge >= 0.3 is 5.97 Å². The Bertz CT molecular complexity index is 335. The van der Waals surface area contributed by atoms with Crippen LogP contribution in [0.3, 0.4) is 0 Å². The van der Waals surface area contributed by atoms with Gasteiger partial charge in [0, 0.05) is 4.90 Å². The highest BCUT2D eigenvalue weighted by atomic mass is 32.2. The first kappa shape index (κ1) is 12.9. The maximum atomic E-state index is 11.6. The van der Waals surface area contributed by atoms with E-state index in [4.69, 9.17) is 9.84 Å². The summed E-state index contributed by atoms with van der Waals surface area (Å²) >= 11 is 1.46. The first-order valence-electron chi connectivity index (χ1n) is 5.29. The van der Waals surface area contributed by atoms with Gasteiger partial charge in [-0.05, 0) is 37.6 Å². The number of esters is 1. The van der Waals surface area contributed by atoms with Gasteiger partial charge in [0.2, 0.25) is 0 Å². The van der Waals surface area contributed by atoms with Crippen molar-refractivity contribution in [1.29, 1.82) is 0 Å². The van der Waals surface area contributed by atoms with Crippen LogP contribution in [0.5, 0.6) is 5.75 Å². The van der Waals surface area contributed by atoms with Gasteiger partial charge < -0.3 is 9.84 Å². The molecule has 0 aliphatic heterocycles. The fourth-order valence-corrected chi connectivity index (χ4v) is 2.17. The van der Waals surface area contributed by atoms with E-state index in [2.05, 4.69) is 0 Å². The number of benzene rings is 1. The quantitative estimate of drug-likeness (QED) is 0.635. The van der Waals surface area contributed by atoms with Crippen molar-refractivity contribution in [1.82, 2.24) is 0 Å². The summed E-state index contributed by atoms with van der Waals surface area (Å²) in [5.41, 5.74) is 0. The molecule has 4 heteroatoms. The van der Waals surface area contributed by atoms with E-state index in [1.165, 1.54) is 11.8 Å². The van der Waals surface area contributed by atoms with E-state index in [-0.39, 0.29) is 17.0 Å². The Balaban J connectivity index is 2.62. The average Bonchev–Trinajstić information content (AvgIpc) is 2.28. The minimum atomic E-state index is -0.178. The van der Waals surface area contributed by atoms with E-state index in [1.54, 1.807) is 31.2 Å². The lowest BCUT2D eigenvalue weighted by molar-refractivity contribution is -0.142. The highest BCUT2D eigenvalue weighted by molar-refractivity contribution is 8.00. The van der Waals surface area contributed by atoms with Crippen molar-refractivity contribution in [3.8, 4) is 5.75 Å². The van der Waals surface area contributed by atoms with Crippen molar-refractivity contribution in [3.05, 3.63) is 24.3 Å². The summed E-state index contributed by atoms with van der Waals surface area (Å²) in [6.07, 6.45) is 0.727. The van der Waals surface area contributed by atoms with Crippen LogP contribution in [0.2, 0.25) is 0 Å². The Morgan fingerprint density at radius 2 is 2.00 bits per heavy atom. The molecule has 88 valence electrons. The third kappa shape index (κ3) is 3.77. The van der Waals surface area contributed by atoms with E-state index in [1.807, 2.05) is 6.92 Å². The highest BCUT2D eigenvalue weighted by Gasteiger charge is 2.18. The molecular formula is C12H16O3S. The van der Waals surface area contributed by atoms with Crippen LogP contribution in [0.4, 0.5) is 0 Å². The summed E-state index contributed by atoms with van der Waals surface area (Å²) in [5.74, 6) is 0.0524. The number of carbonyl (C=O) groups excluding carboxylic acids is 1. The van der Waals surface area contributed by atoms with Gasteiger partial charge in [-0.2, -0.15) is 0 Å². The van der Waals surface area contributed by atoms with E-state index in [0.717, 1.165) is 11.3 Å². The Kier molecular flexibility index (Phi) is 5.19. The second-order valence-electron chi connectivity index (χ2n) is 3.26.